The molecule has 2 unspecified atom stereocenters. The first kappa shape index (κ1) is 20.3. The monoisotopic (exact) mass is 312 g/mol. The van der Waals surface area contributed by atoms with E-state index in [2.05, 4.69) is 10.6 Å². The zero-order valence-electron chi connectivity index (χ0n) is 14.0. The van der Waals surface area contributed by atoms with Gasteiger partial charge in [0.15, 0.2) is 0 Å². The van der Waals surface area contributed by atoms with Crippen LogP contribution in [0.1, 0.15) is 53.4 Å². The highest BCUT2D eigenvalue weighted by molar-refractivity contribution is 5.88. The van der Waals surface area contributed by atoms with Gasteiger partial charge in [0.05, 0.1) is 6.54 Å². The average Bonchev–Trinajstić information content (AvgIpc) is 2.44. The summed E-state index contributed by atoms with van der Waals surface area (Å²) in [6.07, 6.45) is 2.61. The van der Waals surface area contributed by atoms with Gasteiger partial charge < -0.3 is 10.6 Å². The molecule has 22 heavy (non-hydrogen) atoms. The molecular weight excluding hydrogens is 284 g/mol. The number of carbonyl (C=O) groups is 4. The SMILES string of the molecule is CC(=O)C(C)CCCCNC(=O)CNC(=O)CC(C)C(C)=O. The van der Waals surface area contributed by atoms with Gasteiger partial charge in [-0.25, -0.2) is 0 Å². The van der Waals surface area contributed by atoms with E-state index >= 15 is 0 Å². The van der Waals surface area contributed by atoms with Gasteiger partial charge in [-0.15, -0.1) is 0 Å². The van der Waals surface area contributed by atoms with Crippen LogP contribution in [0.15, 0.2) is 0 Å². The Hall–Kier alpha value is -1.72. The molecule has 6 heteroatoms. The summed E-state index contributed by atoms with van der Waals surface area (Å²) in [7, 11) is 0. The number of Topliss-reactive ketones (excluding diaryl/α,β-unsaturated/α-hetero) is 2. The maximum atomic E-state index is 11.5. The fourth-order valence-electron chi connectivity index (χ4n) is 1.74. The maximum absolute atomic E-state index is 11.5. The van der Waals surface area contributed by atoms with Gasteiger partial charge >= 0.3 is 0 Å². The van der Waals surface area contributed by atoms with Crippen molar-refractivity contribution in [3.05, 3.63) is 0 Å². The molecule has 0 spiro atoms. The van der Waals surface area contributed by atoms with Crippen molar-refractivity contribution >= 4 is 23.4 Å². The van der Waals surface area contributed by atoms with E-state index < -0.39 is 0 Å². The van der Waals surface area contributed by atoms with Crippen LogP contribution >= 0.6 is 0 Å². The van der Waals surface area contributed by atoms with E-state index in [1.165, 1.54) is 6.92 Å². The van der Waals surface area contributed by atoms with Crippen molar-refractivity contribution in [1.82, 2.24) is 10.6 Å². The molecule has 0 fully saturated rings. The van der Waals surface area contributed by atoms with Crippen molar-refractivity contribution < 1.29 is 19.2 Å². The van der Waals surface area contributed by atoms with Crippen LogP contribution in [0, 0.1) is 11.8 Å². The van der Waals surface area contributed by atoms with E-state index in [0.29, 0.717) is 6.54 Å². The Bertz CT molecular complexity index is 407. The molecule has 0 bridgehead atoms. The molecular formula is C16H28N2O4. The number of nitrogens with one attached hydrogen (secondary N) is 2. The van der Waals surface area contributed by atoms with Gasteiger partial charge in [0, 0.05) is 24.8 Å². The molecule has 0 aromatic rings. The quantitative estimate of drug-likeness (QED) is 0.561. The van der Waals surface area contributed by atoms with E-state index in [-0.39, 0.29) is 48.2 Å². The fraction of sp³-hybridized carbons (Fsp3) is 0.750. The Morgan fingerprint density at radius 3 is 1.95 bits per heavy atom. The zero-order chi connectivity index (χ0) is 17.1. The first-order valence-corrected chi connectivity index (χ1v) is 7.78. The number of ketones is 2. The molecule has 0 saturated heterocycles. The average molecular weight is 312 g/mol. The van der Waals surface area contributed by atoms with Crippen LogP contribution in [-0.2, 0) is 19.2 Å². The molecule has 126 valence electrons. The molecule has 0 aromatic heterocycles. The number of amides is 2. The Morgan fingerprint density at radius 1 is 0.818 bits per heavy atom. The van der Waals surface area contributed by atoms with Crippen molar-refractivity contribution in [2.45, 2.75) is 53.4 Å². The summed E-state index contributed by atoms with van der Waals surface area (Å²) in [6, 6.07) is 0. The van der Waals surface area contributed by atoms with Gasteiger partial charge in [0.2, 0.25) is 11.8 Å². The van der Waals surface area contributed by atoms with E-state index in [9.17, 15) is 19.2 Å². The third-order valence-electron chi connectivity index (χ3n) is 3.71. The highest BCUT2D eigenvalue weighted by Crippen LogP contribution is 2.07. The van der Waals surface area contributed by atoms with Crippen LogP contribution in [0.4, 0.5) is 0 Å². The molecule has 0 heterocycles. The van der Waals surface area contributed by atoms with Crippen molar-refractivity contribution in [3.63, 3.8) is 0 Å². The summed E-state index contributed by atoms with van der Waals surface area (Å²) < 4.78 is 0. The molecule has 2 amide bonds. The topological polar surface area (TPSA) is 92.3 Å². The van der Waals surface area contributed by atoms with E-state index in [4.69, 9.17) is 0 Å². The minimum atomic E-state index is -0.327. The molecule has 0 aliphatic rings. The second-order valence-electron chi connectivity index (χ2n) is 5.85. The molecule has 2 N–H and O–H groups in total. The molecule has 2 atom stereocenters. The first-order chi connectivity index (χ1) is 10.2. The third-order valence-corrected chi connectivity index (χ3v) is 3.71. The highest BCUT2D eigenvalue weighted by atomic mass is 16.2. The van der Waals surface area contributed by atoms with Gasteiger partial charge in [-0.1, -0.05) is 20.3 Å². The number of hydrogen-bond donors (Lipinski definition) is 2. The van der Waals surface area contributed by atoms with Crippen molar-refractivity contribution in [2.24, 2.45) is 11.8 Å². The fourth-order valence-corrected chi connectivity index (χ4v) is 1.74. The Kier molecular flexibility index (Phi) is 10.1. The van der Waals surface area contributed by atoms with Crippen LogP contribution in [-0.4, -0.2) is 36.5 Å². The summed E-state index contributed by atoms with van der Waals surface area (Å²) in [5.74, 6) is -0.660. The predicted octanol–water partition coefficient (Wildman–Crippen LogP) is 1.23. The third kappa shape index (κ3) is 10.1. The predicted molar refractivity (Wildman–Crippen MR) is 84.2 cm³/mol. The van der Waals surface area contributed by atoms with Gasteiger partial charge in [-0.05, 0) is 26.7 Å². The van der Waals surface area contributed by atoms with Crippen LogP contribution in [0.5, 0.6) is 0 Å². The summed E-state index contributed by atoms with van der Waals surface area (Å²) in [4.78, 5) is 45.1. The van der Waals surface area contributed by atoms with Crippen LogP contribution < -0.4 is 10.6 Å². The minimum Gasteiger partial charge on any atom is -0.355 e. The molecule has 0 aromatic carbocycles. The molecule has 0 rings (SSSR count). The lowest BCUT2D eigenvalue weighted by Crippen LogP contribution is -2.38. The van der Waals surface area contributed by atoms with Gasteiger partial charge in [-0.2, -0.15) is 0 Å². The van der Waals surface area contributed by atoms with Crippen molar-refractivity contribution in [3.8, 4) is 0 Å². The Morgan fingerprint density at radius 2 is 1.41 bits per heavy atom. The lowest BCUT2D eigenvalue weighted by molar-refractivity contribution is -0.129. The normalized spacial score (nSPS) is 13.1. The second-order valence-corrected chi connectivity index (χ2v) is 5.85. The Balaban J connectivity index is 3.68. The maximum Gasteiger partial charge on any atom is 0.239 e. The van der Waals surface area contributed by atoms with Gasteiger partial charge in [0.25, 0.3) is 0 Å². The standard InChI is InChI=1S/C16H28N2O4/c1-11(13(3)19)7-5-6-8-17-16(22)10-18-15(21)9-12(2)14(4)20/h11-12H,5-10H2,1-4H3,(H,17,22)(H,18,21). The minimum absolute atomic E-state index is 0.0422. The summed E-state index contributed by atoms with van der Waals surface area (Å²) in [5.41, 5.74) is 0. The second kappa shape index (κ2) is 10.9. The molecule has 0 radical (unpaired) electrons. The largest absolute Gasteiger partial charge is 0.355 e. The van der Waals surface area contributed by atoms with E-state index in [1.54, 1.807) is 13.8 Å². The zero-order valence-corrected chi connectivity index (χ0v) is 14.0. The van der Waals surface area contributed by atoms with Crippen LogP contribution in [0.25, 0.3) is 0 Å². The number of unbranched alkanes of at least 4 members (excludes halogenated alkanes) is 1. The summed E-state index contributed by atoms with van der Waals surface area (Å²) >= 11 is 0. The number of hydrogen-bond acceptors (Lipinski definition) is 4. The summed E-state index contributed by atoms with van der Waals surface area (Å²) in [6.45, 7) is 7.07. The molecule has 0 aliphatic heterocycles. The summed E-state index contributed by atoms with van der Waals surface area (Å²) in [5, 5.41) is 5.21. The lowest BCUT2D eigenvalue weighted by Gasteiger charge is -2.10. The van der Waals surface area contributed by atoms with Crippen molar-refractivity contribution in [2.75, 3.05) is 13.1 Å². The van der Waals surface area contributed by atoms with Crippen LogP contribution in [0.3, 0.4) is 0 Å². The lowest BCUT2D eigenvalue weighted by atomic mass is 10.0. The Labute approximate surface area is 132 Å². The van der Waals surface area contributed by atoms with Gasteiger partial charge in [0.1, 0.15) is 11.6 Å². The highest BCUT2D eigenvalue weighted by Gasteiger charge is 2.13. The molecule has 0 saturated carbocycles. The number of rotatable bonds is 11. The van der Waals surface area contributed by atoms with E-state index in [0.717, 1.165) is 19.3 Å². The molecule has 0 aliphatic carbocycles. The van der Waals surface area contributed by atoms with Gasteiger partial charge in [-0.3, -0.25) is 19.2 Å². The smallest absolute Gasteiger partial charge is 0.239 e. The van der Waals surface area contributed by atoms with Crippen molar-refractivity contribution in [1.29, 1.82) is 0 Å². The molecule has 6 nitrogen and oxygen atoms in total. The number of carbonyl (C=O) groups excluding carboxylic acids is 4. The van der Waals surface area contributed by atoms with E-state index in [1.807, 2.05) is 6.92 Å². The first-order valence-electron chi connectivity index (χ1n) is 7.78. The van der Waals surface area contributed by atoms with Crippen LogP contribution in [0.2, 0.25) is 0 Å².